The lowest BCUT2D eigenvalue weighted by Crippen LogP contribution is -2.35. The molecule has 2 aromatic rings. The first-order valence-corrected chi connectivity index (χ1v) is 8.48. The van der Waals surface area contributed by atoms with Gasteiger partial charge in [0.1, 0.15) is 5.82 Å². The second-order valence-electron chi connectivity index (χ2n) is 6.15. The van der Waals surface area contributed by atoms with Crippen molar-refractivity contribution in [2.24, 2.45) is 0 Å². The Labute approximate surface area is 142 Å². The molecule has 2 aromatic heterocycles. The number of pyridine rings is 1. The lowest BCUT2D eigenvalue weighted by Gasteiger charge is -2.22. The second-order valence-corrected chi connectivity index (χ2v) is 6.15. The molecule has 24 heavy (non-hydrogen) atoms. The van der Waals surface area contributed by atoms with Crippen LogP contribution in [0.4, 0.5) is 5.82 Å². The number of hydrogen-bond donors (Lipinski definition) is 1. The van der Waals surface area contributed by atoms with Crippen LogP contribution in [0.2, 0.25) is 0 Å². The van der Waals surface area contributed by atoms with Crippen molar-refractivity contribution in [2.75, 3.05) is 18.4 Å². The van der Waals surface area contributed by atoms with E-state index < -0.39 is 0 Å². The molecule has 1 N–H and O–H groups in total. The lowest BCUT2D eigenvalue weighted by molar-refractivity contribution is -0.127. The molecule has 1 atom stereocenters. The average molecular weight is 325 g/mol. The fourth-order valence-corrected chi connectivity index (χ4v) is 2.91. The molecule has 1 saturated heterocycles. The minimum absolute atomic E-state index is 0.136. The predicted molar refractivity (Wildman–Crippen MR) is 93.5 cm³/mol. The Hall–Kier alpha value is -2.50. The molecule has 1 aliphatic heterocycles. The van der Waals surface area contributed by atoms with E-state index in [1.54, 1.807) is 12.4 Å². The van der Waals surface area contributed by atoms with E-state index >= 15 is 0 Å². The van der Waals surface area contributed by atoms with Crippen LogP contribution in [0.3, 0.4) is 0 Å². The van der Waals surface area contributed by atoms with Gasteiger partial charge in [0.05, 0.1) is 0 Å². The van der Waals surface area contributed by atoms with Crippen LogP contribution in [0.25, 0.3) is 11.4 Å². The first-order chi connectivity index (χ1) is 11.7. The third-order valence-corrected chi connectivity index (χ3v) is 4.14. The Morgan fingerprint density at radius 3 is 2.75 bits per heavy atom. The molecule has 3 heterocycles. The first-order valence-electron chi connectivity index (χ1n) is 8.48. The van der Waals surface area contributed by atoms with Gasteiger partial charge in [-0.3, -0.25) is 9.78 Å². The quantitative estimate of drug-likeness (QED) is 0.883. The van der Waals surface area contributed by atoms with Gasteiger partial charge in [-0.05, 0) is 31.9 Å². The molecule has 1 fully saturated rings. The molecule has 6 heteroatoms. The third kappa shape index (κ3) is 3.88. The number of aryl methyl sites for hydroxylation is 1. The molecule has 1 aliphatic rings. The summed E-state index contributed by atoms with van der Waals surface area (Å²) in [5, 5.41) is 3.41. The molecule has 1 amide bonds. The van der Waals surface area contributed by atoms with Crippen molar-refractivity contribution in [1.82, 2.24) is 19.9 Å². The van der Waals surface area contributed by atoms with Crippen LogP contribution in [0.1, 0.15) is 32.4 Å². The zero-order valence-electron chi connectivity index (χ0n) is 14.2. The topological polar surface area (TPSA) is 71.0 Å². The Kier molecular flexibility index (Phi) is 5.03. The molecule has 126 valence electrons. The minimum Gasteiger partial charge on any atom is -0.366 e. The molecule has 0 saturated carbocycles. The summed E-state index contributed by atoms with van der Waals surface area (Å²) >= 11 is 0. The number of nitrogens with zero attached hydrogens (tertiary/aromatic N) is 4. The molecule has 0 radical (unpaired) electrons. The minimum atomic E-state index is 0.136. The van der Waals surface area contributed by atoms with E-state index in [4.69, 9.17) is 0 Å². The van der Waals surface area contributed by atoms with E-state index in [9.17, 15) is 4.79 Å². The van der Waals surface area contributed by atoms with E-state index in [2.05, 4.69) is 34.1 Å². The van der Waals surface area contributed by atoms with Crippen molar-refractivity contribution in [3.05, 3.63) is 36.3 Å². The second kappa shape index (κ2) is 7.38. The molecular weight excluding hydrogens is 302 g/mol. The van der Waals surface area contributed by atoms with Crippen molar-refractivity contribution >= 4 is 11.7 Å². The molecule has 3 rings (SSSR count). The summed E-state index contributed by atoms with van der Waals surface area (Å²) in [5.41, 5.74) is 1.94. The van der Waals surface area contributed by atoms with Crippen molar-refractivity contribution < 1.29 is 4.79 Å². The molecule has 0 spiro atoms. The SMILES string of the molecule is CCc1cc(NC(C)CN2CCCC2=O)nc(-c2ccncc2)n1. The Bertz CT molecular complexity index is 704. The summed E-state index contributed by atoms with van der Waals surface area (Å²) in [6.07, 6.45) is 5.96. The number of hydrogen-bond acceptors (Lipinski definition) is 5. The summed E-state index contributed by atoms with van der Waals surface area (Å²) < 4.78 is 0. The van der Waals surface area contributed by atoms with Crippen LogP contribution in [0.15, 0.2) is 30.6 Å². The fraction of sp³-hybridized carbons (Fsp3) is 0.444. The van der Waals surface area contributed by atoms with Gasteiger partial charge in [-0.15, -0.1) is 0 Å². The number of likely N-dealkylation sites (tertiary alicyclic amines) is 1. The van der Waals surface area contributed by atoms with Crippen LogP contribution >= 0.6 is 0 Å². The van der Waals surface area contributed by atoms with E-state index in [1.807, 2.05) is 23.1 Å². The maximum Gasteiger partial charge on any atom is 0.222 e. The summed E-state index contributed by atoms with van der Waals surface area (Å²) in [6, 6.07) is 5.93. The Balaban J connectivity index is 1.76. The summed E-state index contributed by atoms with van der Waals surface area (Å²) in [6.45, 7) is 5.71. The molecule has 0 aromatic carbocycles. The van der Waals surface area contributed by atoms with Crippen LogP contribution < -0.4 is 5.32 Å². The van der Waals surface area contributed by atoms with Crippen LogP contribution in [-0.4, -0.2) is 44.9 Å². The largest absolute Gasteiger partial charge is 0.366 e. The highest BCUT2D eigenvalue weighted by molar-refractivity contribution is 5.78. The van der Waals surface area contributed by atoms with E-state index in [-0.39, 0.29) is 11.9 Å². The van der Waals surface area contributed by atoms with Crippen molar-refractivity contribution in [2.45, 2.75) is 39.2 Å². The van der Waals surface area contributed by atoms with Gasteiger partial charge in [-0.1, -0.05) is 6.92 Å². The molecule has 1 unspecified atom stereocenters. The van der Waals surface area contributed by atoms with Gasteiger partial charge in [0.2, 0.25) is 5.91 Å². The zero-order chi connectivity index (χ0) is 16.9. The zero-order valence-corrected chi connectivity index (χ0v) is 14.2. The van der Waals surface area contributed by atoms with Crippen LogP contribution in [0.5, 0.6) is 0 Å². The van der Waals surface area contributed by atoms with Gasteiger partial charge < -0.3 is 10.2 Å². The van der Waals surface area contributed by atoms with Crippen molar-refractivity contribution in [1.29, 1.82) is 0 Å². The normalized spacial score (nSPS) is 15.6. The standard InChI is InChI=1S/C18H23N5O/c1-3-15-11-16(20-13(2)12-23-10-4-5-17(23)24)22-18(21-15)14-6-8-19-9-7-14/h6-9,11,13H,3-5,10,12H2,1-2H3,(H,20,21,22). The van der Waals surface area contributed by atoms with Crippen molar-refractivity contribution in [3.63, 3.8) is 0 Å². The molecule has 0 aliphatic carbocycles. The Morgan fingerprint density at radius 2 is 2.08 bits per heavy atom. The predicted octanol–water partition coefficient (Wildman–Crippen LogP) is 2.52. The highest BCUT2D eigenvalue weighted by atomic mass is 16.2. The number of carbonyl (C=O) groups excluding carboxylic acids is 1. The summed E-state index contributed by atoms with van der Waals surface area (Å²) in [4.78, 5) is 27.0. The monoisotopic (exact) mass is 325 g/mol. The first kappa shape index (κ1) is 16.4. The maximum atomic E-state index is 11.8. The highest BCUT2D eigenvalue weighted by Gasteiger charge is 2.22. The summed E-state index contributed by atoms with van der Waals surface area (Å²) in [7, 11) is 0. The lowest BCUT2D eigenvalue weighted by atomic mass is 10.2. The molecule has 0 bridgehead atoms. The van der Waals surface area contributed by atoms with E-state index in [1.165, 1.54) is 0 Å². The average Bonchev–Trinajstić information content (AvgIpc) is 3.00. The van der Waals surface area contributed by atoms with Gasteiger partial charge in [0.15, 0.2) is 5.82 Å². The van der Waals surface area contributed by atoms with Crippen LogP contribution in [-0.2, 0) is 11.2 Å². The number of amides is 1. The van der Waals surface area contributed by atoms with E-state index in [0.717, 1.165) is 36.5 Å². The van der Waals surface area contributed by atoms with E-state index in [0.29, 0.717) is 18.8 Å². The van der Waals surface area contributed by atoms with Gasteiger partial charge in [-0.2, -0.15) is 0 Å². The molecule has 6 nitrogen and oxygen atoms in total. The maximum absolute atomic E-state index is 11.8. The van der Waals surface area contributed by atoms with Crippen molar-refractivity contribution in [3.8, 4) is 11.4 Å². The highest BCUT2D eigenvalue weighted by Crippen LogP contribution is 2.18. The van der Waals surface area contributed by atoms with Crippen LogP contribution in [0, 0.1) is 0 Å². The van der Waals surface area contributed by atoms with Gasteiger partial charge >= 0.3 is 0 Å². The number of rotatable bonds is 6. The third-order valence-electron chi connectivity index (χ3n) is 4.14. The van der Waals surface area contributed by atoms with Gasteiger partial charge in [0.25, 0.3) is 0 Å². The number of carbonyl (C=O) groups is 1. The van der Waals surface area contributed by atoms with Gasteiger partial charge in [-0.25, -0.2) is 9.97 Å². The smallest absolute Gasteiger partial charge is 0.222 e. The fourth-order valence-electron chi connectivity index (χ4n) is 2.91. The number of aromatic nitrogens is 3. The summed E-state index contributed by atoms with van der Waals surface area (Å²) in [5.74, 6) is 1.74. The van der Waals surface area contributed by atoms with Gasteiger partial charge in [0, 0.05) is 55.3 Å². The number of anilines is 1. The Morgan fingerprint density at radius 1 is 1.29 bits per heavy atom. The molecular formula is C18H23N5O. The number of nitrogens with one attached hydrogen (secondary N) is 1.